The molecule has 0 spiro atoms. The second-order valence-electron chi connectivity index (χ2n) is 3.45. The Balaban J connectivity index is 2.43. The molecule has 0 aliphatic rings. The molecule has 98 valence electrons. The normalized spacial score (nSPS) is 11.9. The third kappa shape index (κ3) is 2.76. The first-order chi connectivity index (χ1) is 8.71. The maximum Gasteiger partial charge on any atom is 0.362 e. The van der Waals surface area contributed by atoms with Crippen molar-refractivity contribution in [2.75, 3.05) is 13.2 Å². The summed E-state index contributed by atoms with van der Waals surface area (Å²) >= 11 is 3.19. The minimum Gasteiger partial charge on any atom is -0.305 e. The van der Waals surface area contributed by atoms with Gasteiger partial charge in [0.05, 0.1) is 23.4 Å². The molecule has 6 heteroatoms. The fourth-order valence-corrected chi connectivity index (χ4v) is 5.64. The highest BCUT2D eigenvalue weighted by Gasteiger charge is 2.31. The fraction of sp³-hybridized carbons (Fsp3) is 0.333. The van der Waals surface area contributed by atoms with Crippen LogP contribution in [0.1, 0.15) is 13.8 Å². The minimum atomic E-state index is -3.19. The predicted octanol–water partition coefficient (Wildman–Crippen LogP) is 4.37. The molecule has 0 radical (unpaired) electrons. The van der Waals surface area contributed by atoms with Crippen molar-refractivity contribution in [2.45, 2.75) is 13.8 Å². The van der Waals surface area contributed by atoms with E-state index in [2.05, 4.69) is 0 Å². The maximum atomic E-state index is 12.8. The van der Waals surface area contributed by atoms with E-state index in [9.17, 15) is 4.57 Å². The molecule has 0 N–H and O–H groups in total. The molecule has 2 aromatic rings. The van der Waals surface area contributed by atoms with Crippen LogP contribution >= 0.6 is 30.3 Å². The van der Waals surface area contributed by atoms with E-state index in [-0.39, 0.29) is 0 Å². The molecule has 0 bridgehead atoms. The summed E-state index contributed by atoms with van der Waals surface area (Å²) < 4.78 is 23.6. The molecule has 0 aliphatic heterocycles. The van der Waals surface area contributed by atoms with E-state index in [0.29, 0.717) is 18.5 Å². The van der Waals surface area contributed by atoms with Crippen molar-refractivity contribution in [3.05, 3.63) is 29.0 Å². The maximum absolute atomic E-state index is 12.8. The first-order valence-electron chi connectivity index (χ1n) is 5.72. The zero-order valence-corrected chi connectivity index (χ0v) is 12.8. The number of hydrogen-bond acceptors (Lipinski definition) is 5. The van der Waals surface area contributed by atoms with E-state index in [1.165, 1.54) is 0 Å². The van der Waals surface area contributed by atoms with Crippen LogP contribution < -0.4 is 5.30 Å². The number of rotatable bonds is 6. The smallest absolute Gasteiger partial charge is 0.305 e. The SMILES string of the molecule is CCOP(=O)(OCC)c1ccsc1-c1cccs1. The average Bonchev–Trinajstić information content (AvgIpc) is 3.00. The van der Waals surface area contributed by atoms with Crippen LogP contribution in [0.25, 0.3) is 9.75 Å². The molecule has 0 atom stereocenters. The molecule has 2 aromatic heterocycles. The number of hydrogen-bond donors (Lipinski definition) is 0. The summed E-state index contributed by atoms with van der Waals surface area (Å²) in [6, 6.07) is 5.84. The van der Waals surface area contributed by atoms with E-state index in [1.807, 2.05) is 42.8 Å². The van der Waals surface area contributed by atoms with Gasteiger partial charge < -0.3 is 9.05 Å². The van der Waals surface area contributed by atoms with Gasteiger partial charge in [0, 0.05) is 4.88 Å². The summed E-state index contributed by atoms with van der Waals surface area (Å²) in [6.45, 7) is 4.39. The van der Waals surface area contributed by atoms with Gasteiger partial charge in [-0.2, -0.15) is 0 Å². The lowest BCUT2D eigenvalue weighted by Gasteiger charge is -2.17. The fourth-order valence-electron chi connectivity index (χ4n) is 1.63. The Kier molecular flexibility index (Phi) is 4.76. The molecule has 0 fully saturated rings. The van der Waals surface area contributed by atoms with Gasteiger partial charge in [-0.1, -0.05) is 6.07 Å². The van der Waals surface area contributed by atoms with Crippen molar-refractivity contribution in [3.63, 3.8) is 0 Å². The van der Waals surface area contributed by atoms with Crippen LogP contribution in [-0.4, -0.2) is 13.2 Å². The lowest BCUT2D eigenvalue weighted by molar-refractivity contribution is 0.230. The molecule has 2 heterocycles. The standard InChI is InChI=1S/C12H15O3PS2/c1-3-14-16(13,15-4-2)10-7-9-18-12(10)11-6-5-8-17-11/h5-9H,3-4H2,1-2H3. The Morgan fingerprint density at radius 3 is 2.39 bits per heavy atom. The first kappa shape index (κ1) is 14.0. The van der Waals surface area contributed by atoms with Gasteiger partial charge in [0.1, 0.15) is 0 Å². The molecule has 18 heavy (non-hydrogen) atoms. The van der Waals surface area contributed by atoms with Crippen LogP contribution in [0.15, 0.2) is 29.0 Å². The molecule has 0 unspecified atom stereocenters. The first-order valence-corrected chi connectivity index (χ1v) is 9.02. The predicted molar refractivity (Wildman–Crippen MR) is 78.1 cm³/mol. The Morgan fingerprint density at radius 2 is 1.83 bits per heavy atom. The van der Waals surface area contributed by atoms with Crippen LogP contribution in [0, 0.1) is 0 Å². The second-order valence-corrected chi connectivity index (χ2v) is 7.30. The Labute approximate surface area is 115 Å². The zero-order chi connectivity index (χ0) is 13.0. The van der Waals surface area contributed by atoms with Crippen LogP contribution in [0.2, 0.25) is 0 Å². The summed E-state index contributed by atoms with van der Waals surface area (Å²) in [5.41, 5.74) is 0. The number of thiophene rings is 2. The monoisotopic (exact) mass is 302 g/mol. The summed E-state index contributed by atoms with van der Waals surface area (Å²) in [7, 11) is -3.19. The van der Waals surface area contributed by atoms with Gasteiger partial charge in [-0.25, -0.2) is 0 Å². The highest BCUT2D eigenvalue weighted by molar-refractivity contribution is 7.63. The summed E-state index contributed by atoms with van der Waals surface area (Å²) in [5.74, 6) is 0. The average molecular weight is 302 g/mol. The van der Waals surface area contributed by atoms with E-state index in [1.54, 1.807) is 22.7 Å². The van der Waals surface area contributed by atoms with Crippen LogP contribution in [0.5, 0.6) is 0 Å². The summed E-state index contributed by atoms with van der Waals surface area (Å²) in [6.07, 6.45) is 0. The molecule has 0 saturated heterocycles. The third-order valence-electron chi connectivity index (χ3n) is 2.28. The lowest BCUT2D eigenvalue weighted by atomic mass is 10.4. The Bertz CT molecular complexity index is 523. The molecule has 2 rings (SSSR count). The Morgan fingerprint density at radius 1 is 1.11 bits per heavy atom. The van der Waals surface area contributed by atoms with Crippen molar-refractivity contribution in [3.8, 4) is 9.75 Å². The lowest BCUT2D eigenvalue weighted by Crippen LogP contribution is -2.10. The second kappa shape index (κ2) is 6.13. The van der Waals surface area contributed by atoms with Gasteiger partial charge in [-0.05, 0) is 36.7 Å². The molecule has 0 amide bonds. The van der Waals surface area contributed by atoms with Crippen molar-refractivity contribution in [1.82, 2.24) is 0 Å². The van der Waals surface area contributed by atoms with Crippen LogP contribution in [-0.2, 0) is 13.6 Å². The van der Waals surface area contributed by atoms with Gasteiger partial charge in [0.2, 0.25) is 0 Å². The largest absolute Gasteiger partial charge is 0.362 e. The molecule has 0 aromatic carbocycles. The quantitative estimate of drug-likeness (QED) is 0.743. The van der Waals surface area contributed by atoms with Gasteiger partial charge >= 0.3 is 7.60 Å². The molecule has 0 saturated carbocycles. The molecule has 0 aliphatic carbocycles. The van der Waals surface area contributed by atoms with Gasteiger partial charge in [-0.3, -0.25) is 4.57 Å². The topological polar surface area (TPSA) is 35.5 Å². The van der Waals surface area contributed by atoms with E-state index in [4.69, 9.17) is 9.05 Å². The summed E-state index contributed by atoms with van der Waals surface area (Å²) in [5, 5.41) is 4.61. The van der Waals surface area contributed by atoms with E-state index >= 15 is 0 Å². The Hall–Kier alpha value is -0.450. The van der Waals surface area contributed by atoms with Gasteiger partial charge in [0.25, 0.3) is 0 Å². The highest BCUT2D eigenvalue weighted by atomic mass is 32.1. The molecular formula is C12H15O3PS2. The summed E-state index contributed by atoms with van der Waals surface area (Å²) in [4.78, 5) is 2.08. The van der Waals surface area contributed by atoms with Gasteiger partial charge in [-0.15, -0.1) is 22.7 Å². The van der Waals surface area contributed by atoms with E-state index < -0.39 is 7.60 Å². The van der Waals surface area contributed by atoms with Crippen LogP contribution in [0.4, 0.5) is 0 Å². The van der Waals surface area contributed by atoms with Crippen molar-refractivity contribution in [2.24, 2.45) is 0 Å². The highest BCUT2D eigenvalue weighted by Crippen LogP contribution is 2.50. The molecule has 3 nitrogen and oxygen atoms in total. The third-order valence-corrected chi connectivity index (χ3v) is 6.56. The molecular weight excluding hydrogens is 287 g/mol. The zero-order valence-electron chi connectivity index (χ0n) is 10.3. The van der Waals surface area contributed by atoms with Gasteiger partial charge in [0.15, 0.2) is 0 Å². The van der Waals surface area contributed by atoms with Crippen molar-refractivity contribution >= 4 is 35.6 Å². The van der Waals surface area contributed by atoms with Crippen LogP contribution in [0.3, 0.4) is 0 Å². The van der Waals surface area contributed by atoms with Crippen molar-refractivity contribution < 1.29 is 13.6 Å². The minimum absolute atomic E-state index is 0.372. The van der Waals surface area contributed by atoms with Crippen molar-refractivity contribution in [1.29, 1.82) is 0 Å². The van der Waals surface area contributed by atoms with E-state index in [0.717, 1.165) is 9.75 Å².